The fourth-order valence-electron chi connectivity index (χ4n) is 2.80. The minimum absolute atomic E-state index is 0.291. The maximum absolute atomic E-state index is 12.8. The second-order valence-electron chi connectivity index (χ2n) is 6.14. The Labute approximate surface area is 154 Å². The molecule has 0 radical (unpaired) electrons. The van der Waals surface area contributed by atoms with E-state index in [0.29, 0.717) is 35.6 Å². The van der Waals surface area contributed by atoms with Crippen molar-refractivity contribution in [2.45, 2.75) is 31.6 Å². The third-order valence-electron chi connectivity index (χ3n) is 4.20. The van der Waals surface area contributed by atoms with E-state index in [2.05, 4.69) is 9.88 Å². The van der Waals surface area contributed by atoms with Gasteiger partial charge in [0.05, 0.1) is 10.6 Å². The Kier molecular flexibility index (Phi) is 5.54. The summed E-state index contributed by atoms with van der Waals surface area (Å²) >= 11 is 0. The minimum atomic E-state index is -3.61. The summed E-state index contributed by atoms with van der Waals surface area (Å²) in [7, 11) is -3.61. The van der Waals surface area contributed by atoms with Crippen LogP contribution < -0.4 is 4.72 Å². The van der Waals surface area contributed by atoms with E-state index < -0.39 is 10.0 Å². The van der Waals surface area contributed by atoms with E-state index in [1.807, 2.05) is 56.3 Å². The van der Waals surface area contributed by atoms with Gasteiger partial charge in [-0.25, -0.2) is 13.1 Å². The molecule has 0 unspecified atom stereocenters. The van der Waals surface area contributed by atoms with E-state index >= 15 is 0 Å². The molecule has 0 bridgehead atoms. The van der Waals surface area contributed by atoms with E-state index in [1.165, 1.54) is 0 Å². The number of rotatable bonds is 7. The molecule has 5 nitrogen and oxygen atoms in total. The molecule has 136 valence electrons. The van der Waals surface area contributed by atoms with Crippen LogP contribution in [0.3, 0.4) is 0 Å². The number of aromatic nitrogens is 1. The van der Waals surface area contributed by atoms with Gasteiger partial charge in [0.1, 0.15) is 0 Å². The monoisotopic (exact) mass is 370 g/mol. The van der Waals surface area contributed by atoms with E-state index in [0.717, 1.165) is 16.8 Å². The summed E-state index contributed by atoms with van der Waals surface area (Å²) in [5.74, 6) is 0.561. The molecule has 3 rings (SSSR count). The number of nitrogens with zero attached hydrogens (tertiary/aromatic N) is 1. The van der Waals surface area contributed by atoms with Crippen molar-refractivity contribution in [2.24, 2.45) is 0 Å². The Bertz CT molecular complexity index is 979. The van der Waals surface area contributed by atoms with Crippen molar-refractivity contribution >= 4 is 10.0 Å². The van der Waals surface area contributed by atoms with Crippen molar-refractivity contribution in [3.8, 4) is 11.3 Å². The SMILES string of the molecule is CCc1ccc(-c2cc(C)no2)cc1S(=O)(=O)NCCc1ccccc1. The molecule has 6 heteroatoms. The van der Waals surface area contributed by atoms with Crippen LogP contribution in [0.4, 0.5) is 0 Å². The van der Waals surface area contributed by atoms with Crippen LogP contribution in [0, 0.1) is 6.92 Å². The van der Waals surface area contributed by atoms with E-state index in [1.54, 1.807) is 12.1 Å². The molecule has 0 aliphatic carbocycles. The van der Waals surface area contributed by atoms with Gasteiger partial charge in [-0.05, 0) is 37.0 Å². The summed E-state index contributed by atoms with van der Waals surface area (Å²) < 4.78 is 33.6. The lowest BCUT2D eigenvalue weighted by atomic mass is 10.1. The zero-order valence-electron chi connectivity index (χ0n) is 14.9. The van der Waals surface area contributed by atoms with Crippen LogP contribution in [0.1, 0.15) is 23.7 Å². The van der Waals surface area contributed by atoms with Crippen LogP contribution >= 0.6 is 0 Å². The second kappa shape index (κ2) is 7.85. The summed E-state index contributed by atoms with van der Waals surface area (Å²) in [5.41, 5.74) is 3.32. The molecule has 0 aliphatic heterocycles. The van der Waals surface area contributed by atoms with Crippen molar-refractivity contribution in [1.82, 2.24) is 9.88 Å². The first-order valence-electron chi connectivity index (χ1n) is 8.60. The third-order valence-corrected chi connectivity index (χ3v) is 5.74. The fraction of sp³-hybridized carbons (Fsp3) is 0.250. The highest BCUT2D eigenvalue weighted by atomic mass is 32.2. The Morgan fingerprint density at radius 3 is 2.50 bits per heavy atom. The predicted molar refractivity (Wildman–Crippen MR) is 101 cm³/mol. The van der Waals surface area contributed by atoms with Gasteiger partial charge in [0.25, 0.3) is 0 Å². The molecule has 0 saturated carbocycles. The van der Waals surface area contributed by atoms with Gasteiger partial charge in [-0.15, -0.1) is 0 Å². The first-order chi connectivity index (χ1) is 12.5. The topological polar surface area (TPSA) is 72.2 Å². The maximum Gasteiger partial charge on any atom is 0.240 e. The van der Waals surface area contributed by atoms with E-state index in [-0.39, 0.29) is 0 Å². The molecule has 1 aromatic heterocycles. The normalized spacial score (nSPS) is 11.6. The van der Waals surface area contributed by atoms with Crippen molar-refractivity contribution in [2.75, 3.05) is 6.54 Å². The summed E-state index contributed by atoms with van der Waals surface area (Å²) in [5, 5.41) is 3.87. The van der Waals surface area contributed by atoms with Crippen LogP contribution in [-0.4, -0.2) is 20.1 Å². The molecule has 0 amide bonds. The molecule has 0 spiro atoms. The van der Waals surface area contributed by atoms with Crippen molar-refractivity contribution in [1.29, 1.82) is 0 Å². The Morgan fingerprint density at radius 1 is 1.08 bits per heavy atom. The highest BCUT2D eigenvalue weighted by Crippen LogP contribution is 2.26. The average molecular weight is 370 g/mol. The van der Waals surface area contributed by atoms with Gasteiger partial charge in [-0.2, -0.15) is 0 Å². The van der Waals surface area contributed by atoms with Crippen molar-refractivity contribution in [3.63, 3.8) is 0 Å². The largest absolute Gasteiger partial charge is 0.356 e. The van der Waals surface area contributed by atoms with Gasteiger partial charge in [0, 0.05) is 18.2 Å². The summed E-state index contributed by atoms with van der Waals surface area (Å²) in [6.07, 6.45) is 1.27. The number of hydrogen-bond donors (Lipinski definition) is 1. The lowest BCUT2D eigenvalue weighted by molar-refractivity contribution is 0.427. The lowest BCUT2D eigenvalue weighted by Gasteiger charge is -2.12. The zero-order valence-corrected chi connectivity index (χ0v) is 15.7. The first-order valence-corrected chi connectivity index (χ1v) is 10.1. The minimum Gasteiger partial charge on any atom is -0.356 e. The Hall–Kier alpha value is -2.44. The van der Waals surface area contributed by atoms with Gasteiger partial charge in [-0.3, -0.25) is 0 Å². The molecule has 0 saturated heterocycles. The number of aryl methyl sites for hydroxylation is 2. The van der Waals surface area contributed by atoms with Crippen LogP contribution in [0.2, 0.25) is 0 Å². The molecule has 0 aliphatic rings. The molecule has 26 heavy (non-hydrogen) atoms. The van der Waals surface area contributed by atoms with Crippen molar-refractivity contribution < 1.29 is 12.9 Å². The molecule has 0 atom stereocenters. The van der Waals surface area contributed by atoms with Gasteiger partial charge >= 0.3 is 0 Å². The molecule has 1 heterocycles. The summed E-state index contributed by atoms with van der Waals surface area (Å²) in [6.45, 7) is 4.12. The molecule has 1 N–H and O–H groups in total. The Balaban J connectivity index is 1.83. The molecule has 0 fully saturated rings. The predicted octanol–water partition coefficient (Wildman–Crippen LogP) is 3.73. The average Bonchev–Trinajstić information content (AvgIpc) is 3.08. The van der Waals surface area contributed by atoms with Gasteiger partial charge in [-0.1, -0.05) is 54.5 Å². The fourth-order valence-corrected chi connectivity index (χ4v) is 4.17. The van der Waals surface area contributed by atoms with Crippen LogP contribution in [-0.2, 0) is 22.9 Å². The number of benzene rings is 2. The molecular weight excluding hydrogens is 348 g/mol. The van der Waals surface area contributed by atoms with Crippen LogP contribution in [0.15, 0.2) is 64.0 Å². The maximum atomic E-state index is 12.8. The van der Waals surface area contributed by atoms with Crippen LogP contribution in [0.25, 0.3) is 11.3 Å². The van der Waals surface area contributed by atoms with E-state index in [4.69, 9.17) is 4.52 Å². The summed E-state index contributed by atoms with van der Waals surface area (Å²) in [6, 6.07) is 16.9. The van der Waals surface area contributed by atoms with Gasteiger partial charge in [0.15, 0.2) is 5.76 Å². The summed E-state index contributed by atoms with van der Waals surface area (Å²) in [4.78, 5) is 0.291. The second-order valence-corrected chi connectivity index (χ2v) is 7.88. The highest BCUT2D eigenvalue weighted by molar-refractivity contribution is 7.89. The number of hydrogen-bond acceptors (Lipinski definition) is 4. The van der Waals surface area contributed by atoms with Crippen molar-refractivity contribution in [3.05, 3.63) is 71.4 Å². The third kappa shape index (κ3) is 4.20. The standard InChI is InChI=1S/C20H22N2O3S/c1-3-17-9-10-18(19-13-15(2)22-25-19)14-20(17)26(23,24)21-12-11-16-7-5-4-6-8-16/h4-10,13-14,21H,3,11-12H2,1-2H3. The Morgan fingerprint density at radius 2 is 1.85 bits per heavy atom. The van der Waals surface area contributed by atoms with Gasteiger partial charge in [0.2, 0.25) is 10.0 Å². The highest BCUT2D eigenvalue weighted by Gasteiger charge is 2.19. The number of sulfonamides is 1. The van der Waals surface area contributed by atoms with E-state index in [9.17, 15) is 8.42 Å². The first kappa shape index (κ1) is 18.4. The molecule has 2 aromatic carbocycles. The molecular formula is C20H22N2O3S. The quantitative estimate of drug-likeness (QED) is 0.688. The van der Waals surface area contributed by atoms with Gasteiger partial charge < -0.3 is 4.52 Å². The lowest BCUT2D eigenvalue weighted by Crippen LogP contribution is -2.27. The number of nitrogens with one attached hydrogen (secondary N) is 1. The zero-order chi connectivity index (χ0) is 18.6. The van der Waals surface area contributed by atoms with Crippen LogP contribution in [0.5, 0.6) is 0 Å². The smallest absolute Gasteiger partial charge is 0.240 e. The molecule has 3 aromatic rings.